The first-order valence-electron chi connectivity index (χ1n) is 6.14. The largest absolute Gasteiger partial charge is 0.300 e. The van der Waals surface area contributed by atoms with Gasteiger partial charge in [-0.15, -0.1) is 6.58 Å². The number of carbonyl (C=O) groups is 2. The molecule has 0 saturated heterocycles. The van der Waals surface area contributed by atoms with Gasteiger partial charge in [0.2, 0.25) is 0 Å². The first kappa shape index (κ1) is 13.1. The molecule has 0 heterocycles. The van der Waals surface area contributed by atoms with Crippen molar-refractivity contribution in [2.24, 2.45) is 11.3 Å². The quantitative estimate of drug-likeness (QED) is 0.540. The highest BCUT2D eigenvalue weighted by atomic mass is 16.1. The van der Waals surface area contributed by atoms with Crippen LogP contribution in [0.4, 0.5) is 0 Å². The minimum Gasteiger partial charge on any atom is -0.300 e. The highest BCUT2D eigenvalue weighted by Crippen LogP contribution is 2.41. The Hall–Kier alpha value is -0.920. The predicted molar refractivity (Wildman–Crippen MR) is 65.2 cm³/mol. The van der Waals surface area contributed by atoms with Gasteiger partial charge in [-0.1, -0.05) is 12.5 Å². The monoisotopic (exact) mass is 222 g/mol. The van der Waals surface area contributed by atoms with Gasteiger partial charge < -0.3 is 0 Å². The Bertz CT molecular complexity index is 293. The van der Waals surface area contributed by atoms with Crippen LogP contribution in [-0.4, -0.2) is 11.6 Å². The van der Waals surface area contributed by atoms with Gasteiger partial charge in [0.1, 0.15) is 11.6 Å². The molecule has 2 heteroatoms. The summed E-state index contributed by atoms with van der Waals surface area (Å²) in [7, 11) is 0. The van der Waals surface area contributed by atoms with Crippen LogP contribution in [0.15, 0.2) is 12.7 Å². The van der Waals surface area contributed by atoms with Gasteiger partial charge in [0, 0.05) is 11.3 Å². The molecule has 90 valence electrons. The number of ketones is 2. The van der Waals surface area contributed by atoms with Crippen LogP contribution in [0.2, 0.25) is 0 Å². The maximum atomic E-state index is 11.8. The number of hydrogen-bond donors (Lipinski definition) is 0. The van der Waals surface area contributed by atoms with Crippen molar-refractivity contribution in [3.05, 3.63) is 12.7 Å². The van der Waals surface area contributed by atoms with Crippen molar-refractivity contribution in [2.75, 3.05) is 0 Å². The van der Waals surface area contributed by atoms with E-state index in [9.17, 15) is 9.59 Å². The van der Waals surface area contributed by atoms with E-state index in [-0.39, 0.29) is 22.9 Å². The molecule has 2 atom stereocenters. The molecule has 0 amide bonds. The summed E-state index contributed by atoms with van der Waals surface area (Å²) in [5, 5.41) is 0. The summed E-state index contributed by atoms with van der Waals surface area (Å²) >= 11 is 0. The summed E-state index contributed by atoms with van der Waals surface area (Å²) in [6.07, 6.45) is 7.15. The van der Waals surface area contributed by atoms with E-state index in [1.807, 2.05) is 6.08 Å². The van der Waals surface area contributed by atoms with Crippen molar-refractivity contribution in [3.63, 3.8) is 0 Å². The van der Waals surface area contributed by atoms with Gasteiger partial charge in [0.15, 0.2) is 0 Å². The number of Topliss-reactive ketones (excluding diaryl/α,β-unsaturated/α-hetero) is 2. The Morgan fingerprint density at radius 1 is 1.31 bits per heavy atom. The van der Waals surface area contributed by atoms with E-state index >= 15 is 0 Å². The van der Waals surface area contributed by atoms with Crippen LogP contribution in [0.1, 0.15) is 52.4 Å². The van der Waals surface area contributed by atoms with E-state index in [1.54, 1.807) is 13.8 Å². The Kier molecular flexibility index (Phi) is 4.45. The topological polar surface area (TPSA) is 34.1 Å². The van der Waals surface area contributed by atoms with Crippen molar-refractivity contribution in [1.82, 2.24) is 0 Å². The van der Waals surface area contributed by atoms with Crippen LogP contribution in [0.5, 0.6) is 0 Å². The lowest BCUT2D eigenvalue weighted by atomic mass is 9.74. The molecule has 1 aliphatic rings. The minimum atomic E-state index is -0.230. The molecule has 0 aliphatic heterocycles. The van der Waals surface area contributed by atoms with Crippen LogP contribution < -0.4 is 0 Å². The van der Waals surface area contributed by atoms with Crippen LogP contribution in [0, 0.1) is 11.3 Å². The Balaban J connectivity index is 2.78. The summed E-state index contributed by atoms with van der Waals surface area (Å²) in [5.74, 6) is 0.709. The van der Waals surface area contributed by atoms with E-state index in [2.05, 4.69) is 6.58 Å². The number of rotatable bonds is 4. The third-order valence-corrected chi connectivity index (χ3v) is 4.04. The van der Waals surface area contributed by atoms with E-state index in [4.69, 9.17) is 0 Å². The Morgan fingerprint density at radius 3 is 2.50 bits per heavy atom. The van der Waals surface area contributed by atoms with Crippen molar-refractivity contribution in [1.29, 1.82) is 0 Å². The second-order valence-corrected chi connectivity index (χ2v) is 5.07. The molecule has 1 rings (SSSR count). The zero-order valence-corrected chi connectivity index (χ0v) is 10.4. The molecule has 1 saturated carbocycles. The van der Waals surface area contributed by atoms with Crippen LogP contribution >= 0.6 is 0 Å². The number of allylic oxidation sites excluding steroid dienone is 1. The van der Waals surface area contributed by atoms with Crippen LogP contribution in [-0.2, 0) is 9.59 Å². The maximum Gasteiger partial charge on any atom is 0.136 e. The maximum absolute atomic E-state index is 11.8. The predicted octanol–water partition coefficient (Wildman–Crippen LogP) is 3.31. The molecule has 0 radical (unpaired) electrons. The van der Waals surface area contributed by atoms with E-state index in [0.717, 1.165) is 38.5 Å². The SMILES string of the molecule is C=CCC1(C(C)=O)CCCC(C(C)=O)CC1. The Labute approximate surface area is 98.1 Å². The average molecular weight is 222 g/mol. The van der Waals surface area contributed by atoms with Crippen LogP contribution in [0.25, 0.3) is 0 Å². The molecule has 2 nitrogen and oxygen atoms in total. The lowest BCUT2D eigenvalue weighted by molar-refractivity contribution is -0.127. The molecular weight excluding hydrogens is 200 g/mol. The number of hydrogen-bond acceptors (Lipinski definition) is 2. The van der Waals surface area contributed by atoms with Gasteiger partial charge in [0.05, 0.1) is 0 Å². The van der Waals surface area contributed by atoms with Gasteiger partial charge in [-0.25, -0.2) is 0 Å². The van der Waals surface area contributed by atoms with Crippen molar-refractivity contribution in [3.8, 4) is 0 Å². The molecule has 0 aromatic carbocycles. The van der Waals surface area contributed by atoms with Gasteiger partial charge in [-0.3, -0.25) is 9.59 Å². The van der Waals surface area contributed by atoms with E-state index in [0.29, 0.717) is 0 Å². The fraction of sp³-hybridized carbons (Fsp3) is 0.714. The molecule has 0 aromatic heterocycles. The molecule has 16 heavy (non-hydrogen) atoms. The van der Waals surface area contributed by atoms with Gasteiger partial charge in [-0.2, -0.15) is 0 Å². The standard InChI is InChI=1S/C14H22O2/c1-4-8-14(12(3)16)9-5-6-13(7-10-14)11(2)15/h4,13H,1,5-10H2,2-3H3. The highest BCUT2D eigenvalue weighted by Gasteiger charge is 2.36. The summed E-state index contributed by atoms with van der Waals surface area (Å²) in [4.78, 5) is 23.2. The number of carbonyl (C=O) groups excluding carboxylic acids is 2. The smallest absolute Gasteiger partial charge is 0.136 e. The second-order valence-electron chi connectivity index (χ2n) is 5.07. The first-order valence-corrected chi connectivity index (χ1v) is 6.14. The fourth-order valence-corrected chi connectivity index (χ4v) is 2.79. The van der Waals surface area contributed by atoms with Crippen molar-refractivity contribution in [2.45, 2.75) is 52.4 Å². The molecular formula is C14H22O2. The first-order chi connectivity index (χ1) is 7.52. The molecule has 1 aliphatic carbocycles. The lowest BCUT2D eigenvalue weighted by Crippen LogP contribution is -2.28. The molecule has 0 spiro atoms. The Morgan fingerprint density at radius 2 is 2.00 bits per heavy atom. The fourth-order valence-electron chi connectivity index (χ4n) is 2.79. The molecule has 2 unspecified atom stereocenters. The third-order valence-electron chi connectivity index (χ3n) is 4.04. The van der Waals surface area contributed by atoms with Crippen molar-refractivity contribution >= 4 is 11.6 Å². The lowest BCUT2D eigenvalue weighted by Gasteiger charge is -2.28. The summed E-state index contributed by atoms with van der Waals surface area (Å²) < 4.78 is 0. The van der Waals surface area contributed by atoms with Gasteiger partial charge in [0.25, 0.3) is 0 Å². The van der Waals surface area contributed by atoms with Crippen molar-refractivity contribution < 1.29 is 9.59 Å². The zero-order chi connectivity index (χ0) is 12.2. The van der Waals surface area contributed by atoms with Gasteiger partial charge in [-0.05, 0) is 46.0 Å². The molecule has 0 bridgehead atoms. The molecule has 0 aromatic rings. The molecule has 0 N–H and O–H groups in total. The highest BCUT2D eigenvalue weighted by molar-refractivity contribution is 5.83. The summed E-state index contributed by atoms with van der Waals surface area (Å²) in [6, 6.07) is 0. The summed E-state index contributed by atoms with van der Waals surface area (Å²) in [5.41, 5.74) is -0.230. The van der Waals surface area contributed by atoms with E-state index < -0.39 is 0 Å². The minimum absolute atomic E-state index is 0.172. The third kappa shape index (κ3) is 2.81. The van der Waals surface area contributed by atoms with Crippen LogP contribution in [0.3, 0.4) is 0 Å². The second kappa shape index (κ2) is 5.42. The zero-order valence-electron chi connectivity index (χ0n) is 10.4. The van der Waals surface area contributed by atoms with Gasteiger partial charge >= 0.3 is 0 Å². The normalized spacial score (nSPS) is 30.5. The van der Waals surface area contributed by atoms with E-state index in [1.165, 1.54) is 0 Å². The summed E-state index contributed by atoms with van der Waals surface area (Å²) in [6.45, 7) is 7.09. The molecule has 1 fully saturated rings. The average Bonchev–Trinajstić information content (AvgIpc) is 2.42.